The maximum Gasteiger partial charge on any atom is 0.311 e. The van der Waals surface area contributed by atoms with Crippen LogP contribution in [0.2, 0.25) is 0 Å². The highest BCUT2D eigenvalue weighted by Crippen LogP contribution is 2.51. The molecule has 27 heavy (non-hydrogen) atoms. The molecule has 6 nitrogen and oxygen atoms in total. The third kappa shape index (κ3) is 3.01. The Morgan fingerprint density at radius 2 is 2.11 bits per heavy atom. The highest BCUT2D eigenvalue weighted by atomic mass is 16.6. The van der Waals surface area contributed by atoms with Crippen LogP contribution in [-0.4, -0.2) is 18.6 Å². The van der Waals surface area contributed by atoms with Gasteiger partial charge >= 0.3 is 5.69 Å². The Hall–Kier alpha value is -3.02. The fourth-order valence-electron chi connectivity index (χ4n) is 4.20. The Morgan fingerprint density at radius 1 is 1.26 bits per heavy atom. The van der Waals surface area contributed by atoms with Gasteiger partial charge in [-0.15, -0.1) is 0 Å². The van der Waals surface area contributed by atoms with Crippen LogP contribution in [0.4, 0.5) is 11.4 Å². The number of nitro benzene ring substituents is 1. The SMILES string of the molecule is CCOc1ccc2c(c1)[C@@H]1C=CC[C@@H]1[C@H](c1ccc(OC)c([N+](=O)[O-])c1)N2. The van der Waals surface area contributed by atoms with Gasteiger partial charge in [0, 0.05) is 17.7 Å². The maximum atomic E-state index is 11.4. The first-order valence-corrected chi connectivity index (χ1v) is 9.14. The Labute approximate surface area is 158 Å². The van der Waals surface area contributed by atoms with Crippen molar-refractivity contribution in [3.05, 3.63) is 69.8 Å². The maximum absolute atomic E-state index is 11.4. The number of ether oxygens (including phenoxy) is 2. The van der Waals surface area contributed by atoms with Gasteiger partial charge in [-0.1, -0.05) is 18.2 Å². The number of nitrogens with zero attached hydrogens (tertiary/aromatic N) is 1. The van der Waals surface area contributed by atoms with Gasteiger partial charge < -0.3 is 14.8 Å². The lowest BCUT2D eigenvalue weighted by atomic mass is 9.77. The second kappa shape index (κ2) is 6.95. The van der Waals surface area contributed by atoms with E-state index in [0.29, 0.717) is 12.5 Å². The fourth-order valence-corrected chi connectivity index (χ4v) is 4.20. The second-order valence-corrected chi connectivity index (χ2v) is 6.85. The van der Waals surface area contributed by atoms with Crippen LogP contribution in [0.3, 0.4) is 0 Å². The number of nitrogens with one attached hydrogen (secondary N) is 1. The summed E-state index contributed by atoms with van der Waals surface area (Å²) in [6.45, 7) is 2.61. The lowest BCUT2D eigenvalue weighted by molar-refractivity contribution is -0.385. The zero-order valence-corrected chi connectivity index (χ0v) is 15.3. The van der Waals surface area contributed by atoms with Gasteiger partial charge in [-0.2, -0.15) is 0 Å². The summed E-state index contributed by atoms with van der Waals surface area (Å²) in [7, 11) is 1.45. The van der Waals surface area contributed by atoms with Gasteiger partial charge in [0.25, 0.3) is 0 Å². The summed E-state index contributed by atoms with van der Waals surface area (Å²) in [6.07, 6.45) is 5.37. The minimum Gasteiger partial charge on any atom is -0.494 e. The lowest BCUT2D eigenvalue weighted by Gasteiger charge is -2.37. The van der Waals surface area contributed by atoms with Gasteiger partial charge in [0.2, 0.25) is 0 Å². The van der Waals surface area contributed by atoms with Crippen LogP contribution < -0.4 is 14.8 Å². The van der Waals surface area contributed by atoms with Crippen molar-refractivity contribution in [2.45, 2.75) is 25.3 Å². The number of hydrogen-bond acceptors (Lipinski definition) is 5. The van der Waals surface area contributed by atoms with E-state index in [9.17, 15) is 10.1 Å². The monoisotopic (exact) mass is 366 g/mol. The van der Waals surface area contributed by atoms with Crippen molar-refractivity contribution in [1.29, 1.82) is 0 Å². The van der Waals surface area contributed by atoms with Gasteiger partial charge in [-0.3, -0.25) is 10.1 Å². The average molecular weight is 366 g/mol. The number of hydrogen-bond donors (Lipinski definition) is 1. The van der Waals surface area contributed by atoms with Crippen LogP contribution >= 0.6 is 0 Å². The number of nitro groups is 1. The van der Waals surface area contributed by atoms with Crippen molar-refractivity contribution in [3.63, 3.8) is 0 Å². The number of allylic oxidation sites excluding steroid dienone is 2. The number of methoxy groups -OCH3 is 1. The molecule has 6 heteroatoms. The molecular weight excluding hydrogens is 344 g/mol. The lowest BCUT2D eigenvalue weighted by Crippen LogP contribution is -2.29. The first-order chi connectivity index (χ1) is 13.1. The molecule has 0 radical (unpaired) electrons. The normalized spacial score (nSPS) is 22.5. The van der Waals surface area contributed by atoms with Crippen molar-refractivity contribution in [2.75, 3.05) is 19.0 Å². The smallest absolute Gasteiger partial charge is 0.311 e. The molecule has 2 aromatic carbocycles. The molecule has 0 saturated heterocycles. The van der Waals surface area contributed by atoms with E-state index in [1.807, 2.05) is 25.1 Å². The molecule has 0 bridgehead atoms. The van der Waals surface area contributed by atoms with Crippen molar-refractivity contribution < 1.29 is 14.4 Å². The Kier molecular flexibility index (Phi) is 4.48. The summed E-state index contributed by atoms with van der Waals surface area (Å²) in [5.41, 5.74) is 3.17. The summed E-state index contributed by atoms with van der Waals surface area (Å²) < 4.78 is 10.8. The van der Waals surface area contributed by atoms with E-state index in [1.165, 1.54) is 12.7 Å². The minimum absolute atomic E-state index is 0.0000460. The minimum atomic E-state index is -0.391. The van der Waals surface area contributed by atoms with Crippen molar-refractivity contribution in [2.24, 2.45) is 5.92 Å². The number of rotatable bonds is 5. The van der Waals surface area contributed by atoms with Crippen LogP contribution in [-0.2, 0) is 0 Å². The third-order valence-electron chi connectivity index (χ3n) is 5.40. The van der Waals surface area contributed by atoms with Gasteiger partial charge in [-0.25, -0.2) is 0 Å². The number of anilines is 1. The Morgan fingerprint density at radius 3 is 2.85 bits per heavy atom. The molecule has 3 atom stereocenters. The summed E-state index contributed by atoms with van der Waals surface area (Å²) in [5, 5.41) is 15.0. The molecule has 0 aromatic heterocycles. The molecule has 1 aliphatic heterocycles. The van der Waals surface area contributed by atoms with Crippen LogP contribution in [0.25, 0.3) is 0 Å². The van der Waals surface area contributed by atoms with E-state index >= 15 is 0 Å². The molecule has 0 fully saturated rings. The highest BCUT2D eigenvalue weighted by Gasteiger charge is 2.38. The summed E-state index contributed by atoms with van der Waals surface area (Å²) in [6, 6.07) is 11.3. The molecule has 140 valence electrons. The van der Waals surface area contributed by atoms with Gasteiger partial charge in [0.1, 0.15) is 5.75 Å². The molecule has 0 saturated carbocycles. The molecule has 0 spiro atoms. The molecule has 1 N–H and O–H groups in total. The van der Waals surface area contributed by atoms with Gasteiger partial charge in [0.05, 0.1) is 24.7 Å². The van der Waals surface area contributed by atoms with Gasteiger partial charge in [0.15, 0.2) is 5.75 Å². The molecule has 1 heterocycles. The molecule has 0 unspecified atom stereocenters. The largest absolute Gasteiger partial charge is 0.494 e. The van der Waals surface area contributed by atoms with E-state index in [4.69, 9.17) is 9.47 Å². The van der Waals surface area contributed by atoms with Crippen molar-refractivity contribution in [1.82, 2.24) is 0 Å². The van der Waals surface area contributed by atoms with E-state index in [0.717, 1.165) is 23.4 Å². The third-order valence-corrected chi connectivity index (χ3v) is 5.40. The topological polar surface area (TPSA) is 73.6 Å². The standard InChI is InChI=1S/C21H22N2O4/c1-3-27-14-8-9-18-17(12-14)15-5-4-6-16(15)21(22-18)13-7-10-20(26-2)19(11-13)23(24)25/h4-5,7-12,15-16,21-22H,3,6H2,1-2H3/t15-,16+,21+/m1/s1. The van der Waals surface area contributed by atoms with Crippen LogP contribution in [0, 0.1) is 16.0 Å². The second-order valence-electron chi connectivity index (χ2n) is 6.85. The number of benzene rings is 2. The summed E-state index contributed by atoms with van der Waals surface area (Å²) in [4.78, 5) is 11.0. The number of fused-ring (bicyclic) bond motifs is 3. The molecular formula is C21H22N2O4. The van der Waals surface area contributed by atoms with Crippen LogP contribution in [0.15, 0.2) is 48.6 Å². The predicted octanol–water partition coefficient (Wildman–Crippen LogP) is 4.83. The highest BCUT2D eigenvalue weighted by molar-refractivity contribution is 5.62. The van der Waals surface area contributed by atoms with E-state index in [-0.39, 0.29) is 23.4 Å². The average Bonchev–Trinajstić information content (AvgIpc) is 3.17. The molecule has 4 rings (SSSR count). The van der Waals surface area contributed by atoms with Gasteiger partial charge in [-0.05, 0) is 54.7 Å². The summed E-state index contributed by atoms with van der Waals surface area (Å²) >= 11 is 0. The first-order valence-electron chi connectivity index (χ1n) is 9.14. The van der Waals surface area contributed by atoms with Crippen molar-refractivity contribution in [3.8, 4) is 11.5 Å². The van der Waals surface area contributed by atoms with E-state index < -0.39 is 4.92 Å². The zero-order valence-electron chi connectivity index (χ0n) is 15.3. The predicted molar refractivity (Wildman–Crippen MR) is 104 cm³/mol. The fraction of sp³-hybridized carbons (Fsp3) is 0.333. The van der Waals surface area contributed by atoms with E-state index in [2.05, 4.69) is 23.5 Å². The Bertz CT molecular complexity index is 909. The van der Waals surface area contributed by atoms with Crippen LogP contribution in [0.5, 0.6) is 11.5 Å². The molecule has 2 aromatic rings. The quantitative estimate of drug-likeness (QED) is 0.466. The van der Waals surface area contributed by atoms with Crippen LogP contribution in [0.1, 0.15) is 36.4 Å². The van der Waals surface area contributed by atoms with Crippen molar-refractivity contribution >= 4 is 11.4 Å². The Balaban J connectivity index is 1.74. The zero-order chi connectivity index (χ0) is 19.0. The molecule has 2 aliphatic rings. The first kappa shape index (κ1) is 17.4. The summed E-state index contributed by atoms with van der Waals surface area (Å²) in [5.74, 6) is 1.73. The van der Waals surface area contributed by atoms with E-state index in [1.54, 1.807) is 12.1 Å². The molecule has 0 amide bonds. The molecule has 1 aliphatic carbocycles.